The van der Waals surface area contributed by atoms with Gasteiger partial charge < -0.3 is 40.0 Å². The highest BCUT2D eigenvalue weighted by Crippen LogP contribution is 2.70. The molecular formula is C38H51F4N3O8. The monoisotopic (exact) mass is 753 g/mol. The number of halogens is 4. The van der Waals surface area contributed by atoms with Gasteiger partial charge in [0.2, 0.25) is 0 Å². The zero-order chi connectivity index (χ0) is 38.5. The molecule has 4 fully saturated rings. The van der Waals surface area contributed by atoms with E-state index < -0.39 is 48.3 Å². The van der Waals surface area contributed by atoms with Crippen LogP contribution < -0.4 is 10.4 Å². The number of carbonyl (C=O) groups excluding carboxylic acids is 2. The Morgan fingerprint density at radius 3 is 2.62 bits per heavy atom. The minimum atomic E-state index is -5.19. The number of hydrogen-bond acceptors (Lipinski definition) is 9. The number of ether oxygens (including phenoxy) is 2. The number of Topliss-reactive ketones (excluding diaryl/α,β-unsaturated/α-hetero) is 1. The van der Waals surface area contributed by atoms with Crippen LogP contribution in [0.5, 0.6) is 0 Å². The first-order valence-corrected chi connectivity index (χ1v) is 18.5. The number of benzene rings is 1. The van der Waals surface area contributed by atoms with E-state index >= 15 is 0 Å². The Balaban J connectivity index is 0.000000641. The molecule has 1 aromatic carbocycles. The number of nitrogens with two attached hydrogens (primary N) is 1. The second kappa shape index (κ2) is 14.8. The number of hydrogen-bond donors (Lipinski definition) is 4. The molecule has 0 amide bonds. The number of carboxylic acids is 1. The Hall–Kier alpha value is -3.21. The standard InChI is InChI=1S/C36H48FN3O6.C2HF3O2.H2/c1-4-6-32-45-31-15-26-25-9-7-23-14-28-22(19-39-40(28)24-8-10-27(37)21(13-24)18-38-11-5-12-41)16-34(23,2)33(25)29(43)17-35(26,3)36(31,46-32)30(44)20-42;3-2(4,5)1(6)7;/h8,10,13-14,19,25-26,29,31-33,38,41-43H,4-7,9,11-12,15-18,20H2,1-3H3;(H,6,7);1H/t25-,26-,29-,31+,32+,33+,34-,35-,36+;;/m0../s1. The molecule has 1 saturated heterocycles. The van der Waals surface area contributed by atoms with E-state index in [0.29, 0.717) is 37.8 Å². The summed E-state index contributed by atoms with van der Waals surface area (Å²) in [5.74, 6) is -3.27. The van der Waals surface area contributed by atoms with E-state index in [1.165, 1.54) is 11.6 Å². The summed E-state index contributed by atoms with van der Waals surface area (Å²) in [5.41, 5.74) is 2.69. The van der Waals surface area contributed by atoms with E-state index in [1.807, 2.05) is 22.3 Å². The quantitative estimate of drug-likeness (QED) is 0.211. The normalized spacial score (nSPS) is 34.1. The van der Waals surface area contributed by atoms with Gasteiger partial charge in [-0.05, 0) is 91.5 Å². The number of carboxylic acid groups (broad SMARTS) is 1. The van der Waals surface area contributed by atoms with Gasteiger partial charge in [-0.15, -0.1) is 0 Å². The number of carbonyl (C=O) groups is 2. The van der Waals surface area contributed by atoms with Crippen molar-refractivity contribution >= 4 is 17.8 Å². The largest absolute Gasteiger partial charge is 0.542 e. The maximum Gasteiger partial charge on any atom is 0.430 e. The molecule has 7 rings (SSSR count). The Morgan fingerprint density at radius 1 is 1.23 bits per heavy atom. The summed E-state index contributed by atoms with van der Waals surface area (Å²) in [6.45, 7) is 7.19. The van der Waals surface area contributed by atoms with Crippen molar-refractivity contribution in [1.82, 2.24) is 9.78 Å². The number of nitrogens with zero attached hydrogens (tertiary/aromatic N) is 2. The van der Waals surface area contributed by atoms with Gasteiger partial charge >= 0.3 is 6.18 Å². The number of aromatic nitrogens is 2. The highest BCUT2D eigenvalue weighted by molar-refractivity contribution is 5.91. The number of aliphatic carboxylic acids is 1. The smallest absolute Gasteiger partial charge is 0.430 e. The number of allylic oxidation sites excluding steroid dienone is 1. The van der Waals surface area contributed by atoms with Crippen molar-refractivity contribution in [2.24, 2.45) is 28.6 Å². The number of rotatable bonds is 10. The number of fused-ring (bicyclic) bond motifs is 8. The average Bonchev–Trinajstić information content (AvgIpc) is 3.75. The highest BCUT2D eigenvalue weighted by atomic mass is 19.4. The fraction of sp³-hybridized carbons (Fsp3) is 0.658. The second-order valence-electron chi connectivity index (χ2n) is 15.7. The van der Waals surface area contributed by atoms with Crippen molar-refractivity contribution in [1.29, 1.82) is 0 Å². The lowest BCUT2D eigenvalue weighted by molar-refractivity contribution is -0.671. The van der Waals surface area contributed by atoms with Crippen LogP contribution in [0.2, 0.25) is 0 Å². The SMILES string of the molecule is CCC[C@@H]1O[C@@H]2C[C@H]3[C@@H]4CCC5=Cc6c(cnn6-c6ccc(F)c(C[NH2+]CCCO)c6)C[C@]5(C)[C@H]4[C@@H](O)C[C@]3(C)[C@]2(C(=O)CO)O1.O=C([O-])C(F)(F)F.[HH]. The van der Waals surface area contributed by atoms with Crippen LogP contribution in [0.1, 0.15) is 84.0 Å². The fourth-order valence-corrected chi connectivity index (χ4v) is 10.5. The number of alkyl halides is 3. The Morgan fingerprint density at radius 2 is 1.96 bits per heavy atom. The zero-order valence-corrected chi connectivity index (χ0v) is 30.2. The summed E-state index contributed by atoms with van der Waals surface area (Å²) in [6.07, 6.45) is 3.30. The molecule has 15 heteroatoms. The predicted molar refractivity (Wildman–Crippen MR) is 181 cm³/mol. The molecule has 0 spiro atoms. The molecule has 0 radical (unpaired) electrons. The number of quaternary nitrogens is 1. The van der Waals surface area contributed by atoms with Gasteiger partial charge in [0, 0.05) is 25.4 Å². The lowest BCUT2D eigenvalue weighted by atomic mass is 9.45. The van der Waals surface area contributed by atoms with Crippen LogP contribution in [-0.4, -0.2) is 86.9 Å². The second-order valence-corrected chi connectivity index (χ2v) is 15.7. The molecule has 1 aliphatic heterocycles. The van der Waals surface area contributed by atoms with E-state index in [-0.39, 0.29) is 42.8 Å². The van der Waals surface area contributed by atoms with Gasteiger partial charge in [-0.3, -0.25) is 4.79 Å². The third-order valence-electron chi connectivity index (χ3n) is 12.7. The van der Waals surface area contributed by atoms with Crippen molar-refractivity contribution in [3.63, 3.8) is 0 Å². The van der Waals surface area contributed by atoms with E-state index in [4.69, 9.17) is 29.6 Å². The summed E-state index contributed by atoms with van der Waals surface area (Å²) < 4.78 is 61.1. The van der Waals surface area contributed by atoms with Gasteiger partial charge in [0.1, 0.15) is 24.9 Å². The molecule has 3 saturated carbocycles. The molecule has 294 valence electrons. The lowest BCUT2D eigenvalue weighted by Crippen LogP contribution is -2.82. The number of ketones is 1. The molecule has 9 atom stereocenters. The third kappa shape index (κ3) is 6.64. The molecule has 5 N–H and O–H groups in total. The van der Waals surface area contributed by atoms with E-state index in [0.717, 1.165) is 49.2 Å². The minimum Gasteiger partial charge on any atom is -0.542 e. The molecular weight excluding hydrogens is 702 g/mol. The van der Waals surface area contributed by atoms with Gasteiger partial charge in [0.25, 0.3) is 0 Å². The maximum atomic E-state index is 14.7. The van der Waals surface area contributed by atoms with Crippen LogP contribution in [0, 0.1) is 34.4 Å². The first-order chi connectivity index (χ1) is 25.0. The van der Waals surface area contributed by atoms with Crippen LogP contribution in [0.25, 0.3) is 11.8 Å². The van der Waals surface area contributed by atoms with Crippen LogP contribution in [0.15, 0.2) is 30.0 Å². The Kier molecular flexibility index (Phi) is 11.0. The van der Waals surface area contributed by atoms with E-state index in [2.05, 4.69) is 26.8 Å². The topological polar surface area (TPSA) is 171 Å². The highest BCUT2D eigenvalue weighted by Gasteiger charge is 2.75. The van der Waals surface area contributed by atoms with Crippen LogP contribution in [-0.2, 0) is 32.0 Å². The minimum absolute atomic E-state index is 0. The molecule has 2 heterocycles. The molecule has 11 nitrogen and oxygen atoms in total. The van der Waals surface area contributed by atoms with Gasteiger partial charge in [-0.1, -0.05) is 32.8 Å². The lowest BCUT2D eigenvalue weighted by Gasteiger charge is -2.60. The van der Waals surface area contributed by atoms with Crippen molar-refractivity contribution in [3.8, 4) is 5.69 Å². The van der Waals surface area contributed by atoms with Gasteiger partial charge in [-0.25, -0.2) is 9.07 Å². The predicted octanol–water partition coefficient (Wildman–Crippen LogP) is 2.61. The first kappa shape index (κ1) is 39.5. The van der Waals surface area contributed by atoms with Crippen molar-refractivity contribution in [2.75, 3.05) is 19.8 Å². The summed E-state index contributed by atoms with van der Waals surface area (Å²) >= 11 is 0. The van der Waals surface area contributed by atoms with Gasteiger partial charge in [0.05, 0.1) is 36.3 Å². The summed E-state index contributed by atoms with van der Waals surface area (Å²) in [7, 11) is 0. The van der Waals surface area contributed by atoms with Crippen LogP contribution in [0.4, 0.5) is 17.6 Å². The maximum absolute atomic E-state index is 14.7. The van der Waals surface area contributed by atoms with Gasteiger partial charge in [0.15, 0.2) is 17.7 Å². The number of aliphatic hydroxyl groups is 3. The molecule has 53 heavy (non-hydrogen) atoms. The van der Waals surface area contributed by atoms with E-state index in [1.54, 1.807) is 6.07 Å². The van der Waals surface area contributed by atoms with Gasteiger partial charge in [-0.2, -0.15) is 18.3 Å². The molecule has 5 aliphatic rings. The first-order valence-electron chi connectivity index (χ1n) is 18.5. The molecule has 0 bridgehead atoms. The summed E-state index contributed by atoms with van der Waals surface area (Å²) in [6, 6.07) is 5.13. The zero-order valence-electron chi connectivity index (χ0n) is 30.2. The molecule has 4 aliphatic carbocycles. The van der Waals surface area contributed by atoms with Crippen LogP contribution >= 0.6 is 0 Å². The fourth-order valence-electron chi connectivity index (χ4n) is 10.5. The van der Waals surface area contributed by atoms with Crippen molar-refractivity contribution in [2.45, 2.75) is 109 Å². The van der Waals surface area contributed by atoms with E-state index in [9.17, 15) is 32.6 Å². The Bertz CT molecular complexity index is 1740. The summed E-state index contributed by atoms with van der Waals surface area (Å²) in [4.78, 5) is 22.4. The van der Waals surface area contributed by atoms with Crippen LogP contribution in [0.3, 0.4) is 0 Å². The molecule has 0 unspecified atom stereocenters. The van der Waals surface area contributed by atoms with Crippen molar-refractivity contribution in [3.05, 3.63) is 52.6 Å². The third-order valence-corrected chi connectivity index (χ3v) is 12.7. The van der Waals surface area contributed by atoms with Crippen molar-refractivity contribution < 1.29 is 63.8 Å². The average molecular weight is 754 g/mol. The molecule has 2 aromatic rings. The Labute approximate surface area is 306 Å². The number of aliphatic hydroxyl groups excluding tert-OH is 3. The molecule has 1 aromatic heterocycles. The summed E-state index contributed by atoms with van der Waals surface area (Å²) in [5, 5.41) is 46.9.